The number of ether oxygens (including phenoxy) is 2. The number of aromatic nitrogens is 3. The maximum Gasteiger partial charge on any atom is 0.261 e. The van der Waals surface area contributed by atoms with Crippen molar-refractivity contribution in [3.8, 4) is 17.2 Å². The van der Waals surface area contributed by atoms with Gasteiger partial charge in [0, 0.05) is 11.8 Å². The molecule has 3 N–H and O–H groups in total. The number of nitrogens with one attached hydrogen (secondary N) is 1. The van der Waals surface area contributed by atoms with Crippen LogP contribution in [0.15, 0.2) is 66.7 Å². The van der Waals surface area contributed by atoms with E-state index in [-0.39, 0.29) is 11.4 Å². The lowest BCUT2D eigenvalue weighted by Gasteiger charge is -2.11. The molecule has 0 radical (unpaired) electrons. The molecule has 170 valence electrons. The van der Waals surface area contributed by atoms with Gasteiger partial charge in [-0.15, -0.1) is 0 Å². The number of nitrogen functional groups attached to an aromatic ring is 1. The Morgan fingerprint density at radius 3 is 2.38 bits per heavy atom. The van der Waals surface area contributed by atoms with E-state index in [1.54, 1.807) is 36.4 Å². The predicted molar refractivity (Wildman–Crippen MR) is 128 cm³/mol. The molecule has 2 aromatic heterocycles. The molecule has 0 saturated carbocycles. The highest BCUT2D eigenvalue weighted by molar-refractivity contribution is 6.16. The number of nitrogens with zero attached hydrogens (tertiary/aromatic N) is 3. The predicted octanol–water partition coefficient (Wildman–Crippen LogP) is 4.56. The number of carbonyl (C=O) groups excluding carboxylic acids is 1. The van der Waals surface area contributed by atoms with E-state index in [1.165, 1.54) is 30.9 Å². The molecular formula is C25H20FN5O3. The van der Waals surface area contributed by atoms with Crippen LogP contribution in [0.4, 0.5) is 15.9 Å². The number of rotatable bonds is 5. The number of fused-ring (bicyclic) bond motifs is 2. The van der Waals surface area contributed by atoms with Gasteiger partial charge in [-0.3, -0.25) is 9.36 Å². The van der Waals surface area contributed by atoms with Crippen molar-refractivity contribution in [1.29, 1.82) is 0 Å². The molecule has 0 spiro atoms. The van der Waals surface area contributed by atoms with Crippen molar-refractivity contribution in [2.45, 2.75) is 0 Å². The number of para-hydroxylation sites is 2. The smallest absolute Gasteiger partial charge is 0.261 e. The van der Waals surface area contributed by atoms with Gasteiger partial charge in [-0.25, -0.2) is 14.4 Å². The van der Waals surface area contributed by atoms with Gasteiger partial charge in [0.25, 0.3) is 5.91 Å². The van der Waals surface area contributed by atoms with E-state index in [2.05, 4.69) is 15.3 Å². The van der Waals surface area contributed by atoms with Crippen LogP contribution in [0.1, 0.15) is 10.4 Å². The molecule has 9 heteroatoms. The Morgan fingerprint density at radius 2 is 1.68 bits per heavy atom. The summed E-state index contributed by atoms with van der Waals surface area (Å²) in [6.45, 7) is 0. The fourth-order valence-electron chi connectivity index (χ4n) is 3.87. The minimum atomic E-state index is -0.491. The molecule has 2 heterocycles. The molecule has 5 rings (SSSR count). The third-order valence-corrected chi connectivity index (χ3v) is 5.43. The second-order valence-corrected chi connectivity index (χ2v) is 7.48. The zero-order chi connectivity index (χ0) is 23.8. The first-order chi connectivity index (χ1) is 16.5. The van der Waals surface area contributed by atoms with E-state index in [4.69, 9.17) is 15.2 Å². The number of hydrogen-bond donors (Lipinski definition) is 2. The van der Waals surface area contributed by atoms with E-state index in [1.807, 2.05) is 18.2 Å². The van der Waals surface area contributed by atoms with Crippen LogP contribution in [-0.4, -0.2) is 34.7 Å². The summed E-state index contributed by atoms with van der Waals surface area (Å²) in [6.07, 6.45) is 0. The van der Waals surface area contributed by atoms with Crippen molar-refractivity contribution >= 4 is 39.6 Å². The largest absolute Gasteiger partial charge is 0.493 e. The minimum absolute atomic E-state index is 0.0916. The Balaban J connectivity index is 1.69. The second kappa shape index (κ2) is 8.36. The summed E-state index contributed by atoms with van der Waals surface area (Å²) < 4.78 is 26.1. The lowest BCUT2D eigenvalue weighted by atomic mass is 10.2. The fourth-order valence-corrected chi connectivity index (χ4v) is 3.87. The SMILES string of the molecule is COc1ccc(NC(=O)c2c(N)n(-c3cccc(F)c3)c3nc4ccccc4nc23)cc1OC. The average molecular weight is 457 g/mol. The Labute approximate surface area is 193 Å². The third-order valence-electron chi connectivity index (χ3n) is 5.43. The van der Waals surface area contributed by atoms with Gasteiger partial charge >= 0.3 is 0 Å². The van der Waals surface area contributed by atoms with Gasteiger partial charge in [-0.2, -0.15) is 0 Å². The third kappa shape index (κ3) is 3.53. The number of methoxy groups -OCH3 is 2. The molecular weight excluding hydrogens is 437 g/mol. The van der Waals surface area contributed by atoms with Crippen molar-refractivity contribution in [3.05, 3.63) is 78.1 Å². The van der Waals surface area contributed by atoms with Crippen LogP contribution in [-0.2, 0) is 0 Å². The van der Waals surface area contributed by atoms with Gasteiger partial charge in [0.05, 0.1) is 30.9 Å². The van der Waals surface area contributed by atoms with Crippen molar-refractivity contribution in [2.75, 3.05) is 25.3 Å². The number of benzene rings is 3. The van der Waals surface area contributed by atoms with Crippen LogP contribution < -0.4 is 20.5 Å². The van der Waals surface area contributed by atoms with Crippen molar-refractivity contribution in [1.82, 2.24) is 14.5 Å². The minimum Gasteiger partial charge on any atom is -0.493 e. The van der Waals surface area contributed by atoms with E-state index in [0.717, 1.165) is 0 Å². The first kappa shape index (κ1) is 21.2. The topological polar surface area (TPSA) is 104 Å². The summed E-state index contributed by atoms with van der Waals surface area (Å²) in [5, 5.41) is 2.83. The van der Waals surface area contributed by atoms with Crippen molar-refractivity contribution in [3.63, 3.8) is 0 Å². The molecule has 0 saturated heterocycles. The van der Waals surface area contributed by atoms with Gasteiger partial charge in [-0.1, -0.05) is 18.2 Å². The van der Waals surface area contributed by atoms with E-state index >= 15 is 0 Å². The monoisotopic (exact) mass is 457 g/mol. The lowest BCUT2D eigenvalue weighted by molar-refractivity contribution is 0.102. The molecule has 0 atom stereocenters. The number of halogens is 1. The van der Waals surface area contributed by atoms with Gasteiger partial charge in [0.15, 0.2) is 17.1 Å². The van der Waals surface area contributed by atoms with Crippen LogP contribution in [0.2, 0.25) is 0 Å². The summed E-state index contributed by atoms with van der Waals surface area (Å²) in [4.78, 5) is 22.8. The summed E-state index contributed by atoms with van der Waals surface area (Å²) in [5.41, 5.74) is 9.38. The molecule has 8 nitrogen and oxygen atoms in total. The van der Waals surface area contributed by atoms with E-state index < -0.39 is 11.7 Å². The maximum atomic E-state index is 14.0. The summed E-state index contributed by atoms with van der Waals surface area (Å²) >= 11 is 0. The lowest BCUT2D eigenvalue weighted by Crippen LogP contribution is -2.14. The highest BCUT2D eigenvalue weighted by atomic mass is 19.1. The van der Waals surface area contributed by atoms with Gasteiger partial charge in [0.1, 0.15) is 22.7 Å². The molecule has 3 aromatic carbocycles. The summed E-state index contributed by atoms with van der Waals surface area (Å²) in [5.74, 6) is 0.147. The van der Waals surface area contributed by atoms with Crippen molar-refractivity contribution < 1.29 is 18.7 Å². The highest BCUT2D eigenvalue weighted by Gasteiger charge is 2.25. The molecule has 0 aliphatic carbocycles. The normalized spacial score (nSPS) is 11.0. The molecule has 0 aliphatic heterocycles. The molecule has 34 heavy (non-hydrogen) atoms. The number of anilines is 2. The first-order valence-electron chi connectivity index (χ1n) is 10.4. The summed E-state index contributed by atoms with van der Waals surface area (Å²) in [7, 11) is 3.04. The second-order valence-electron chi connectivity index (χ2n) is 7.48. The highest BCUT2D eigenvalue weighted by Crippen LogP contribution is 2.33. The quantitative estimate of drug-likeness (QED) is 0.401. The molecule has 0 aliphatic rings. The van der Waals surface area contributed by atoms with Crippen LogP contribution in [0.3, 0.4) is 0 Å². The van der Waals surface area contributed by atoms with Crippen LogP contribution in [0.25, 0.3) is 27.9 Å². The molecule has 0 bridgehead atoms. The Hall–Kier alpha value is -4.66. The van der Waals surface area contributed by atoms with Crippen LogP contribution in [0.5, 0.6) is 11.5 Å². The molecule has 0 fully saturated rings. The van der Waals surface area contributed by atoms with Gasteiger partial charge < -0.3 is 20.5 Å². The summed E-state index contributed by atoms with van der Waals surface area (Å²) in [6, 6.07) is 18.2. The number of hydrogen-bond acceptors (Lipinski definition) is 6. The zero-order valence-electron chi connectivity index (χ0n) is 18.4. The van der Waals surface area contributed by atoms with Crippen LogP contribution >= 0.6 is 0 Å². The number of amides is 1. The molecule has 5 aromatic rings. The van der Waals surface area contributed by atoms with E-state index in [9.17, 15) is 9.18 Å². The fraction of sp³-hybridized carbons (Fsp3) is 0.0800. The average Bonchev–Trinajstić information content (AvgIpc) is 3.13. The number of nitrogens with two attached hydrogens (primary N) is 1. The van der Waals surface area contributed by atoms with E-state index in [0.29, 0.717) is 45.1 Å². The maximum absolute atomic E-state index is 14.0. The molecule has 1 amide bonds. The number of carbonyl (C=O) groups is 1. The van der Waals surface area contributed by atoms with Gasteiger partial charge in [0.2, 0.25) is 0 Å². The van der Waals surface area contributed by atoms with Gasteiger partial charge in [-0.05, 0) is 42.5 Å². The molecule has 0 unspecified atom stereocenters. The first-order valence-corrected chi connectivity index (χ1v) is 10.4. The van der Waals surface area contributed by atoms with Crippen molar-refractivity contribution in [2.24, 2.45) is 0 Å². The standard InChI is InChI=1S/C25H20FN5O3/c1-33-19-11-10-15(13-20(19)34-2)28-25(32)21-22-24(30-18-9-4-3-8-17(18)29-22)31(23(21)27)16-7-5-6-14(26)12-16/h3-13H,27H2,1-2H3,(H,28,32). The van der Waals surface area contributed by atoms with Crippen LogP contribution in [0, 0.1) is 5.82 Å². The Bertz CT molecular complexity index is 1560. The Kier molecular flexibility index (Phi) is 5.21. The zero-order valence-corrected chi connectivity index (χ0v) is 18.4. The Morgan fingerprint density at radius 1 is 0.941 bits per heavy atom.